The predicted molar refractivity (Wildman–Crippen MR) is 258 cm³/mol. The number of nitrogens with one attached hydrogen (secondary N) is 7. The molecule has 1 aliphatic carbocycles. The average molecular weight is 942 g/mol. The zero-order valence-electron chi connectivity index (χ0n) is 38.9. The smallest absolute Gasteiger partial charge is 0.326 e. The lowest BCUT2D eigenvalue weighted by Crippen LogP contribution is -2.51. The van der Waals surface area contributed by atoms with Crippen LogP contribution in [0.2, 0.25) is 0 Å². The number of carboxylic acids is 3. The van der Waals surface area contributed by atoms with E-state index in [4.69, 9.17) is 5.11 Å². The quantitative estimate of drug-likeness (QED) is 0.0341. The van der Waals surface area contributed by atoms with E-state index in [1.807, 2.05) is 60.7 Å². The first-order valence-corrected chi connectivity index (χ1v) is 23.8. The van der Waals surface area contributed by atoms with Crippen LogP contribution in [0.5, 0.6) is 0 Å². The summed E-state index contributed by atoms with van der Waals surface area (Å²) in [5, 5.41) is 49.2. The Bertz CT molecular complexity index is 2140. The lowest BCUT2D eigenvalue weighted by molar-refractivity contribution is -0.141. The minimum atomic E-state index is -1.53. The highest BCUT2D eigenvalue weighted by molar-refractivity contribution is 6.06. The Morgan fingerprint density at radius 1 is 0.574 bits per heavy atom. The van der Waals surface area contributed by atoms with Gasteiger partial charge in [-0.25, -0.2) is 14.4 Å². The highest BCUT2D eigenvalue weighted by atomic mass is 16.4. The number of amides is 6. The molecule has 1 saturated carbocycles. The van der Waals surface area contributed by atoms with Crippen molar-refractivity contribution in [1.82, 2.24) is 37.1 Å². The van der Waals surface area contributed by atoms with E-state index in [-0.39, 0.29) is 67.8 Å². The number of fused-ring (bicyclic) bond motifs is 1. The molecule has 0 aliphatic heterocycles. The molecule has 3 aromatic rings. The molecule has 4 rings (SSSR count). The highest BCUT2D eigenvalue weighted by Crippen LogP contribution is 2.29. The van der Waals surface area contributed by atoms with E-state index in [0.717, 1.165) is 54.9 Å². The monoisotopic (exact) mass is 942 g/mol. The summed E-state index contributed by atoms with van der Waals surface area (Å²) >= 11 is 0. The number of carbonyl (C=O) groups excluding carboxylic acids is 5. The van der Waals surface area contributed by atoms with Gasteiger partial charge in [-0.3, -0.25) is 24.0 Å². The number of unbranched alkanes of at least 4 members (excludes halogenated alkanes) is 2. The van der Waals surface area contributed by atoms with Crippen molar-refractivity contribution >= 4 is 66.3 Å². The first kappa shape index (κ1) is 54.1. The van der Waals surface area contributed by atoms with Crippen molar-refractivity contribution in [2.45, 2.75) is 127 Å². The maximum absolute atomic E-state index is 13.7. The van der Waals surface area contributed by atoms with Gasteiger partial charge in [0.15, 0.2) is 7.98 Å². The second kappa shape index (κ2) is 29.3. The van der Waals surface area contributed by atoms with Crippen LogP contribution in [0.4, 0.5) is 4.79 Å². The zero-order chi connectivity index (χ0) is 49.3. The molecule has 368 valence electrons. The van der Waals surface area contributed by atoms with Crippen molar-refractivity contribution < 1.29 is 53.7 Å². The third-order valence-corrected chi connectivity index (χ3v) is 12.4. The van der Waals surface area contributed by atoms with Crippen molar-refractivity contribution in [3.63, 3.8) is 0 Å². The summed E-state index contributed by atoms with van der Waals surface area (Å²) in [5.74, 6) is -4.86. The van der Waals surface area contributed by atoms with Gasteiger partial charge in [-0.05, 0) is 111 Å². The molecule has 0 spiro atoms. The number of benzene rings is 3. The fourth-order valence-corrected chi connectivity index (χ4v) is 8.34. The van der Waals surface area contributed by atoms with E-state index in [2.05, 4.69) is 49.3 Å². The molecule has 1 fully saturated rings. The summed E-state index contributed by atoms with van der Waals surface area (Å²) in [6.07, 6.45) is 6.84. The van der Waals surface area contributed by atoms with Crippen LogP contribution in [0.1, 0.15) is 101 Å². The lowest BCUT2D eigenvalue weighted by atomic mass is 9.81. The highest BCUT2D eigenvalue weighted by Gasteiger charge is 2.31. The molecule has 10 N–H and O–H groups in total. The molecule has 0 aromatic heterocycles. The van der Waals surface area contributed by atoms with Crippen LogP contribution in [0, 0.1) is 11.8 Å². The molecule has 19 heteroatoms. The molecule has 4 unspecified atom stereocenters. The van der Waals surface area contributed by atoms with E-state index in [1.165, 1.54) is 5.56 Å². The van der Waals surface area contributed by atoms with Gasteiger partial charge in [0.1, 0.15) is 18.1 Å². The molecule has 3 aromatic carbocycles. The van der Waals surface area contributed by atoms with Crippen molar-refractivity contribution in [3.8, 4) is 0 Å². The lowest BCUT2D eigenvalue weighted by Gasteiger charge is -2.29. The van der Waals surface area contributed by atoms with Crippen LogP contribution in [0.3, 0.4) is 0 Å². The molecule has 4 atom stereocenters. The number of carboxylic acid groups (broad SMARTS) is 3. The number of aliphatic carboxylic acids is 3. The summed E-state index contributed by atoms with van der Waals surface area (Å²) in [7, 11) is 1.76. The van der Waals surface area contributed by atoms with Gasteiger partial charge in [0.25, 0.3) is 0 Å². The van der Waals surface area contributed by atoms with Gasteiger partial charge in [0.05, 0.1) is 6.04 Å². The fraction of sp³-hybridized carbons (Fsp3) is 0.510. The normalized spacial score (nSPS) is 16.2. The summed E-state index contributed by atoms with van der Waals surface area (Å²) in [5.41, 5.74) is 2.07. The summed E-state index contributed by atoms with van der Waals surface area (Å²) in [6, 6.07) is 18.5. The minimum absolute atomic E-state index is 0.0366. The van der Waals surface area contributed by atoms with Gasteiger partial charge in [0, 0.05) is 44.8 Å². The molecular weight excluding hydrogens is 873 g/mol. The SMILES string of the molecule is BNC(CCCCNC(=O)CCCc1ccccc1)C(=O)NCC1CCC(C(=O)NC(Cc2ccc3ccccc3c2)C(=O)NCCCCC(NC(=O)NC(CCC(=O)O)C(=O)O)C(=O)O)CC1. The Balaban J connectivity index is 1.20. The standard InChI is InChI=1S/C49H68BN7O11/c50-57-38(16-6-8-27-51-42(58)18-10-13-32-11-2-1-3-12-32)45(62)53-31-33-19-23-36(24-20-33)44(61)54-41(30-34-21-22-35-14-4-5-15-37(35)29-34)46(63)52-28-9-7-17-39(47(64)65)55-49(68)56-40(48(66)67)25-26-43(59)60/h1-5,11-12,14-15,21-22,29,33,36,38-41,57H,6-10,13,16-20,23-28,30-31,50H2,(H,51,58)(H,52,63)(H,53,62)(H,54,61)(H,59,60)(H,64,65)(H,66,67)(H2,55,56,68). The molecule has 1 aliphatic rings. The third kappa shape index (κ3) is 19.8. The molecule has 68 heavy (non-hydrogen) atoms. The fourth-order valence-electron chi connectivity index (χ4n) is 8.34. The maximum Gasteiger partial charge on any atom is 0.326 e. The van der Waals surface area contributed by atoms with Crippen molar-refractivity contribution in [1.29, 1.82) is 0 Å². The predicted octanol–water partition coefficient (Wildman–Crippen LogP) is 2.96. The Kier molecular flexibility index (Phi) is 23.3. The Labute approximate surface area is 398 Å². The van der Waals surface area contributed by atoms with Crippen LogP contribution < -0.4 is 37.1 Å². The number of hydrogen-bond acceptors (Lipinski definition) is 9. The summed E-state index contributed by atoms with van der Waals surface area (Å²) in [4.78, 5) is 99.3. The zero-order valence-corrected chi connectivity index (χ0v) is 38.9. The van der Waals surface area contributed by atoms with E-state index in [9.17, 15) is 48.6 Å². The van der Waals surface area contributed by atoms with E-state index >= 15 is 0 Å². The second-order valence-corrected chi connectivity index (χ2v) is 17.6. The summed E-state index contributed by atoms with van der Waals surface area (Å²) in [6.45, 7) is 1.21. The number of carbonyl (C=O) groups is 8. The van der Waals surface area contributed by atoms with Crippen LogP contribution in [0.15, 0.2) is 72.8 Å². The first-order chi connectivity index (χ1) is 32.7. The van der Waals surface area contributed by atoms with Crippen LogP contribution in [-0.2, 0) is 46.4 Å². The Morgan fingerprint density at radius 2 is 1.18 bits per heavy atom. The van der Waals surface area contributed by atoms with E-state index < -0.39 is 54.4 Å². The van der Waals surface area contributed by atoms with Crippen LogP contribution in [-0.4, -0.2) is 115 Å². The molecular formula is C49H68BN7O11. The Morgan fingerprint density at radius 3 is 1.82 bits per heavy atom. The van der Waals surface area contributed by atoms with Crippen LogP contribution >= 0.6 is 0 Å². The molecule has 0 saturated heterocycles. The van der Waals surface area contributed by atoms with Gasteiger partial charge in [-0.1, -0.05) is 72.8 Å². The third-order valence-electron chi connectivity index (χ3n) is 12.4. The van der Waals surface area contributed by atoms with Crippen molar-refractivity contribution in [3.05, 3.63) is 83.9 Å². The molecule has 0 bridgehead atoms. The van der Waals surface area contributed by atoms with Gasteiger partial charge in [-0.15, -0.1) is 0 Å². The van der Waals surface area contributed by atoms with Gasteiger partial charge < -0.3 is 52.4 Å². The Hall–Kier alpha value is -6.50. The van der Waals surface area contributed by atoms with E-state index in [1.54, 1.807) is 7.98 Å². The molecule has 6 amide bonds. The number of urea groups is 1. The average Bonchev–Trinajstić information content (AvgIpc) is 3.32. The van der Waals surface area contributed by atoms with Crippen LogP contribution in [0.25, 0.3) is 10.8 Å². The molecule has 0 radical (unpaired) electrons. The number of hydrogen-bond donors (Lipinski definition) is 10. The maximum atomic E-state index is 13.7. The minimum Gasteiger partial charge on any atom is -0.481 e. The molecule has 18 nitrogen and oxygen atoms in total. The topological polar surface area (TPSA) is 281 Å². The second-order valence-electron chi connectivity index (χ2n) is 17.6. The first-order valence-electron chi connectivity index (χ1n) is 23.8. The van der Waals surface area contributed by atoms with Gasteiger partial charge in [0.2, 0.25) is 23.6 Å². The number of aryl methyl sites for hydroxylation is 1. The largest absolute Gasteiger partial charge is 0.481 e. The molecule has 0 heterocycles. The number of rotatable bonds is 30. The van der Waals surface area contributed by atoms with Crippen molar-refractivity contribution in [2.24, 2.45) is 11.8 Å². The van der Waals surface area contributed by atoms with Gasteiger partial charge in [-0.2, -0.15) is 0 Å². The summed E-state index contributed by atoms with van der Waals surface area (Å²) < 4.78 is 0. The van der Waals surface area contributed by atoms with E-state index in [0.29, 0.717) is 45.2 Å². The van der Waals surface area contributed by atoms with Crippen molar-refractivity contribution in [2.75, 3.05) is 19.6 Å². The van der Waals surface area contributed by atoms with Gasteiger partial charge >= 0.3 is 23.9 Å².